The molecule has 29 heavy (non-hydrogen) atoms. The molecule has 0 unspecified atom stereocenters. The first-order valence-electron chi connectivity index (χ1n) is 10.2. The van der Waals surface area contributed by atoms with Crippen molar-refractivity contribution in [3.63, 3.8) is 0 Å². The van der Waals surface area contributed by atoms with E-state index in [0.717, 1.165) is 73.3 Å². The largest absolute Gasteiger partial charge is 0.367 e. The molecule has 1 fully saturated rings. The van der Waals surface area contributed by atoms with E-state index in [-0.39, 0.29) is 5.82 Å². The van der Waals surface area contributed by atoms with Crippen LogP contribution in [0.1, 0.15) is 19.2 Å². The molecule has 2 aromatic heterocycles. The highest BCUT2D eigenvalue weighted by atomic mass is 32.2. The molecular formula is C21H27FN6S. The third-order valence-electron chi connectivity index (χ3n) is 5.08. The number of imidazole rings is 1. The van der Waals surface area contributed by atoms with Gasteiger partial charge in [-0.25, -0.2) is 19.3 Å². The Morgan fingerprint density at radius 3 is 2.55 bits per heavy atom. The Morgan fingerprint density at radius 1 is 1.07 bits per heavy atom. The van der Waals surface area contributed by atoms with Gasteiger partial charge in [0.05, 0.1) is 0 Å². The molecule has 1 aliphatic rings. The zero-order chi connectivity index (χ0) is 20.2. The Balaban J connectivity index is 1.65. The van der Waals surface area contributed by atoms with Crippen LogP contribution in [0.4, 0.5) is 10.2 Å². The fourth-order valence-electron chi connectivity index (χ4n) is 3.64. The van der Waals surface area contributed by atoms with E-state index in [2.05, 4.69) is 31.7 Å². The summed E-state index contributed by atoms with van der Waals surface area (Å²) in [6, 6.07) is 6.48. The van der Waals surface area contributed by atoms with Gasteiger partial charge in [-0.1, -0.05) is 6.92 Å². The lowest BCUT2D eigenvalue weighted by atomic mass is 10.2. The van der Waals surface area contributed by atoms with Crippen LogP contribution in [0.3, 0.4) is 0 Å². The summed E-state index contributed by atoms with van der Waals surface area (Å²) in [4.78, 5) is 16.7. The number of nitrogens with one attached hydrogen (secondary N) is 1. The number of aryl methyl sites for hydroxylation is 2. The SMILES string of the molecule is CCCn1c(-c2ccc(F)cc2)nc2c(NCCN3CCSCC3)nc(C)nc21. The molecule has 0 saturated carbocycles. The molecule has 4 rings (SSSR count). The third kappa shape index (κ3) is 4.53. The number of hydrogen-bond acceptors (Lipinski definition) is 6. The van der Waals surface area contributed by atoms with Crippen LogP contribution in [0.15, 0.2) is 24.3 Å². The molecule has 1 N–H and O–H groups in total. The summed E-state index contributed by atoms with van der Waals surface area (Å²) in [7, 11) is 0. The molecule has 1 aromatic carbocycles. The first-order valence-corrected chi connectivity index (χ1v) is 11.4. The molecule has 0 amide bonds. The van der Waals surface area contributed by atoms with Gasteiger partial charge in [0.25, 0.3) is 0 Å². The number of fused-ring (bicyclic) bond motifs is 1. The van der Waals surface area contributed by atoms with Gasteiger partial charge in [-0.2, -0.15) is 11.8 Å². The van der Waals surface area contributed by atoms with Gasteiger partial charge in [-0.3, -0.25) is 4.90 Å². The van der Waals surface area contributed by atoms with Crippen LogP contribution >= 0.6 is 11.8 Å². The lowest BCUT2D eigenvalue weighted by Gasteiger charge is -2.26. The minimum absolute atomic E-state index is 0.249. The number of anilines is 1. The van der Waals surface area contributed by atoms with Crippen molar-refractivity contribution in [2.45, 2.75) is 26.8 Å². The summed E-state index contributed by atoms with van der Waals surface area (Å²) in [5, 5.41) is 3.48. The molecule has 1 aliphatic heterocycles. The Morgan fingerprint density at radius 2 is 1.83 bits per heavy atom. The van der Waals surface area contributed by atoms with Crippen molar-refractivity contribution in [2.75, 3.05) is 43.0 Å². The van der Waals surface area contributed by atoms with E-state index in [4.69, 9.17) is 4.98 Å². The van der Waals surface area contributed by atoms with Crippen LogP contribution in [-0.4, -0.2) is 62.1 Å². The molecule has 0 radical (unpaired) electrons. The minimum Gasteiger partial charge on any atom is -0.367 e. The van der Waals surface area contributed by atoms with E-state index in [1.54, 1.807) is 12.1 Å². The highest BCUT2D eigenvalue weighted by molar-refractivity contribution is 7.99. The van der Waals surface area contributed by atoms with E-state index in [1.165, 1.54) is 23.6 Å². The van der Waals surface area contributed by atoms with Crippen LogP contribution in [0.2, 0.25) is 0 Å². The topological polar surface area (TPSA) is 58.9 Å². The summed E-state index contributed by atoms with van der Waals surface area (Å²) in [5.41, 5.74) is 2.49. The maximum atomic E-state index is 13.4. The van der Waals surface area contributed by atoms with Crippen molar-refractivity contribution in [1.29, 1.82) is 0 Å². The number of halogens is 1. The Hall–Kier alpha value is -2.19. The van der Waals surface area contributed by atoms with Gasteiger partial charge >= 0.3 is 0 Å². The molecule has 6 nitrogen and oxygen atoms in total. The Bertz CT molecular complexity index is 965. The fourth-order valence-corrected chi connectivity index (χ4v) is 4.62. The molecule has 8 heteroatoms. The van der Waals surface area contributed by atoms with Crippen molar-refractivity contribution in [3.05, 3.63) is 35.9 Å². The molecule has 1 saturated heterocycles. The smallest absolute Gasteiger partial charge is 0.166 e. The van der Waals surface area contributed by atoms with Crippen LogP contribution in [0.25, 0.3) is 22.6 Å². The van der Waals surface area contributed by atoms with Gasteiger partial charge in [-0.05, 0) is 37.6 Å². The average molecular weight is 415 g/mol. The quantitative estimate of drug-likeness (QED) is 0.634. The lowest BCUT2D eigenvalue weighted by Crippen LogP contribution is -2.36. The van der Waals surface area contributed by atoms with Crippen molar-refractivity contribution in [1.82, 2.24) is 24.4 Å². The molecule has 0 spiro atoms. The maximum absolute atomic E-state index is 13.4. The monoisotopic (exact) mass is 414 g/mol. The van der Waals surface area contributed by atoms with Crippen LogP contribution < -0.4 is 5.32 Å². The first-order chi connectivity index (χ1) is 14.2. The van der Waals surface area contributed by atoms with Crippen molar-refractivity contribution < 1.29 is 4.39 Å². The average Bonchev–Trinajstić information content (AvgIpc) is 3.08. The van der Waals surface area contributed by atoms with Crippen molar-refractivity contribution >= 4 is 28.7 Å². The summed E-state index contributed by atoms with van der Waals surface area (Å²) >= 11 is 2.02. The highest BCUT2D eigenvalue weighted by Crippen LogP contribution is 2.28. The molecule has 154 valence electrons. The van der Waals surface area contributed by atoms with E-state index in [0.29, 0.717) is 0 Å². The van der Waals surface area contributed by atoms with Crippen LogP contribution in [-0.2, 0) is 6.54 Å². The number of nitrogens with zero attached hydrogens (tertiary/aromatic N) is 5. The van der Waals surface area contributed by atoms with Gasteiger partial charge in [0, 0.05) is 49.8 Å². The van der Waals surface area contributed by atoms with Crippen LogP contribution in [0.5, 0.6) is 0 Å². The minimum atomic E-state index is -0.249. The summed E-state index contributed by atoms with van der Waals surface area (Å²) in [6.45, 7) is 8.94. The van der Waals surface area contributed by atoms with E-state index in [1.807, 2.05) is 18.7 Å². The summed E-state index contributed by atoms with van der Waals surface area (Å²) in [6.07, 6.45) is 0.957. The first kappa shape index (κ1) is 20.1. The summed E-state index contributed by atoms with van der Waals surface area (Å²) in [5.74, 6) is 4.46. The Kier molecular flexibility index (Phi) is 6.30. The molecule has 3 aromatic rings. The molecule has 0 aliphatic carbocycles. The lowest BCUT2D eigenvalue weighted by molar-refractivity contribution is 0.314. The maximum Gasteiger partial charge on any atom is 0.166 e. The predicted octanol–water partition coefficient (Wildman–Crippen LogP) is 3.81. The zero-order valence-electron chi connectivity index (χ0n) is 17.0. The normalized spacial score (nSPS) is 15.1. The zero-order valence-corrected chi connectivity index (χ0v) is 17.8. The van der Waals surface area contributed by atoms with Crippen molar-refractivity contribution in [3.8, 4) is 11.4 Å². The molecule has 0 atom stereocenters. The second kappa shape index (κ2) is 9.09. The molecule has 0 bridgehead atoms. The van der Waals surface area contributed by atoms with E-state index >= 15 is 0 Å². The highest BCUT2D eigenvalue weighted by Gasteiger charge is 2.18. The van der Waals surface area contributed by atoms with Gasteiger partial charge in [0.1, 0.15) is 17.5 Å². The van der Waals surface area contributed by atoms with Gasteiger partial charge in [0.2, 0.25) is 0 Å². The third-order valence-corrected chi connectivity index (χ3v) is 6.02. The van der Waals surface area contributed by atoms with E-state index < -0.39 is 0 Å². The van der Waals surface area contributed by atoms with Gasteiger partial charge in [-0.15, -0.1) is 0 Å². The number of rotatable bonds is 7. The molecular weight excluding hydrogens is 387 g/mol. The number of benzene rings is 1. The number of thioether (sulfide) groups is 1. The molecule has 3 heterocycles. The Labute approximate surface area is 174 Å². The number of aromatic nitrogens is 4. The van der Waals surface area contributed by atoms with Crippen molar-refractivity contribution in [2.24, 2.45) is 0 Å². The van der Waals surface area contributed by atoms with Gasteiger partial charge in [0.15, 0.2) is 17.0 Å². The second-order valence-corrected chi connectivity index (χ2v) is 8.49. The van der Waals surface area contributed by atoms with Gasteiger partial charge < -0.3 is 9.88 Å². The van der Waals surface area contributed by atoms with Crippen LogP contribution in [0, 0.1) is 12.7 Å². The predicted molar refractivity (Wildman–Crippen MR) is 118 cm³/mol. The second-order valence-electron chi connectivity index (χ2n) is 7.27. The number of hydrogen-bond donors (Lipinski definition) is 1. The standard InChI is InChI=1S/C21H27FN6S/c1-3-9-28-20(16-4-6-17(22)7-5-16)26-18-19(24-15(2)25-21(18)28)23-8-10-27-11-13-29-14-12-27/h4-7H,3,8-14H2,1-2H3,(H,23,24,25). The fraction of sp³-hybridized carbons (Fsp3) is 0.476. The summed E-state index contributed by atoms with van der Waals surface area (Å²) < 4.78 is 15.5. The van der Waals surface area contributed by atoms with E-state index in [9.17, 15) is 4.39 Å².